The van der Waals surface area contributed by atoms with Gasteiger partial charge in [0.1, 0.15) is 0 Å². The topological polar surface area (TPSA) is 92.0 Å². The number of amides is 1. The molecule has 3 aromatic rings. The Kier molecular flexibility index (Phi) is 5.17. The number of hydrazone groups is 1. The molecule has 0 saturated carbocycles. The minimum absolute atomic E-state index is 0.227. The number of hydrogen-bond donors (Lipinski definition) is 1. The Balaban J connectivity index is 1.66. The zero-order valence-corrected chi connectivity index (χ0v) is 17.4. The molecule has 0 spiro atoms. The molecule has 1 atom stereocenters. The normalized spacial score (nSPS) is 16.4. The third kappa shape index (κ3) is 4.28. The predicted molar refractivity (Wildman–Crippen MR) is 115 cm³/mol. The van der Waals surface area contributed by atoms with Crippen LogP contribution in [0.15, 0.2) is 76.4 Å². The number of sulfonamides is 1. The molecule has 7 nitrogen and oxygen atoms in total. The van der Waals surface area contributed by atoms with Crippen LogP contribution in [0.4, 0.5) is 5.69 Å². The van der Waals surface area contributed by atoms with E-state index >= 15 is 0 Å². The molecule has 0 fully saturated rings. The third-order valence-electron chi connectivity index (χ3n) is 4.83. The van der Waals surface area contributed by atoms with Crippen LogP contribution in [0.3, 0.4) is 0 Å². The number of nitrogens with one attached hydrogen (secondary N) is 1. The first kappa shape index (κ1) is 19.9. The highest BCUT2D eigenvalue weighted by Crippen LogP contribution is 2.34. The molecule has 1 aliphatic heterocycles. The molecule has 0 radical (unpaired) electrons. The molecule has 30 heavy (non-hydrogen) atoms. The van der Waals surface area contributed by atoms with Gasteiger partial charge in [0.2, 0.25) is 10.0 Å². The van der Waals surface area contributed by atoms with E-state index < -0.39 is 10.0 Å². The lowest BCUT2D eigenvalue weighted by Gasteiger charge is -2.21. The number of carbonyl (C=O) groups excluding carboxylic acids is 1. The summed E-state index contributed by atoms with van der Waals surface area (Å²) >= 11 is 0. The van der Waals surface area contributed by atoms with Crippen molar-refractivity contribution in [3.8, 4) is 0 Å². The van der Waals surface area contributed by atoms with E-state index in [2.05, 4.69) is 9.82 Å². The zero-order valence-electron chi connectivity index (χ0n) is 16.6. The fourth-order valence-electron chi connectivity index (χ4n) is 3.38. The second-order valence-electron chi connectivity index (χ2n) is 7.26. The summed E-state index contributed by atoms with van der Waals surface area (Å²) in [6, 6.07) is 18.0. The number of aryl methyl sites for hydroxylation is 1. The average molecular weight is 423 g/mol. The molecule has 0 bridgehead atoms. The van der Waals surface area contributed by atoms with E-state index in [1.165, 1.54) is 11.3 Å². The van der Waals surface area contributed by atoms with Gasteiger partial charge in [-0.05, 0) is 42.3 Å². The van der Waals surface area contributed by atoms with E-state index in [0.717, 1.165) is 28.7 Å². The average Bonchev–Trinajstić information content (AvgIpc) is 3.38. The highest BCUT2D eigenvalue weighted by atomic mass is 32.2. The van der Waals surface area contributed by atoms with Crippen molar-refractivity contribution in [3.63, 3.8) is 0 Å². The van der Waals surface area contributed by atoms with Crippen LogP contribution in [-0.2, 0) is 10.0 Å². The van der Waals surface area contributed by atoms with Crippen LogP contribution in [0, 0.1) is 6.92 Å². The van der Waals surface area contributed by atoms with Gasteiger partial charge in [-0.1, -0.05) is 42.0 Å². The van der Waals surface area contributed by atoms with Gasteiger partial charge < -0.3 is 4.42 Å². The van der Waals surface area contributed by atoms with Crippen molar-refractivity contribution in [1.29, 1.82) is 0 Å². The molecular weight excluding hydrogens is 402 g/mol. The predicted octanol–water partition coefficient (Wildman–Crippen LogP) is 3.95. The van der Waals surface area contributed by atoms with E-state index in [1.807, 2.05) is 31.2 Å². The number of nitrogens with zero attached hydrogens (tertiary/aromatic N) is 2. The van der Waals surface area contributed by atoms with E-state index in [0.29, 0.717) is 12.1 Å². The van der Waals surface area contributed by atoms with Gasteiger partial charge in [-0.25, -0.2) is 13.4 Å². The summed E-state index contributed by atoms with van der Waals surface area (Å²) in [5.74, 6) is -0.0826. The van der Waals surface area contributed by atoms with Crippen LogP contribution >= 0.6 is 0 Å². The summed E-state index contributed by atoms with van der Waals surface area (Å²) in [4.78, 5) is 13.0. The molecule has 0 saturated heterocycles. The van der Waals surface area contributed by atoms with Crippen LogP contribution in [0.1, 0.15) is 39.7 Å². The van der Waals surface area contributed by atoms with Crippen LogP contribution in [0.25, 0.3) is 0 Å². The standard InChI is InChI=1S/C22H21N3O4S/c1-15-5-7-17(8-6-15)20-14-19(23-25(20)22(26)21-4-3-13-29-21)16-9-11-18(12-10-16)24-30(2,27)28/h3-13,20,24H,14H2,1-2H3/t20-/m0/s1. The summed E-state index contributed by atoms with van der Waals surface area (Å²) in [5, 5.41) is 6.06. The molecule has 4 rings (SSSR count). The Hall–Kier alpha value is -3.39. The molecule has 1 aromatic heterocycles. The summed E-state index contributed by atoms with van der Waals surface area (Å²) in [7, 11) is -3.35. The van der Waals surface area contributed by atoms with Gasteiger partial charge in [0.15, 0.2) is 5.76 Å². The summed E-state index contributed by atoms with van der Waals surface area (Å²) < 4.78 is 30.5. The van der Waals surface area contributed by atoms with Gasteiger partial charge in [-0.2, -0.15) is 5.10 Å². The molecule has 2 heterocycles. The molecule has 0 unspecified atom stereocenters. The zero-order chi connectivity index (χ0) is 21.3. The molecule has 8 heteroatoms. The minimum atomic E-state index is -3.35. The van der Waals surface area contributed by atoms with Crippen molar-refractivity contribution in [3.05, 3.63) is 89.4 Å². The van der Waals surface area contributed by atoms with Crippen molar-refractivity contribution >= 4 is 27.3 Å². The number of rotatable bonds is 5. The molecule has 2 aromatic carbocycles. The Labute approximate surface area is 175 Å². The number of anilines is 1. The molecule has 154 valence electrons. The molecule has 1 aliphatic rings. The monoisotopic (exact) mass is 423 g/mol. The highest BCUT2D eigenvalue weighted by molar-refractivity contribution is 7.92. The first-order valence-electron chi connectivity index (χ1n) is 9.39. The van der Waals surface area contributed by atoms with Crippen LogP contribution in [0.2, 0.25) is 0 Å². The summed E-state index contributed by atoms with van der Waals surface area (Å²) in [6.07, 6.45) is 3.10. The maximum atomic E-state index is 13.0. The van der Waals surface area contributed by atoms with Crippen molar-refractivity contribution in [2.45, 2.75) is 19.4 Å². The van der Waals surface area contributed by atoms with Crippen molar-refractivity contribution in [2.24, 2.45) is 5.10 Å². The van der Waals surface area contributed by atoms with E-state index in [4.69, 9.17) is 4.42 Å². The SMILES string of the molecule is Cc1ccc([C@@H]2CC(c3ccc(NS(C)(=O)=O)cc3)=NN2C(=O)c2ccco2)cc1. The lowest BCUT2D eigenvalue weighted by Crippen LogP contribution is -2.26. The van der Waals surface area contributed by atoms with E-state index in [-0.39, 0.29) is 17.7 Å². The molecule has 1 amide bonds. The van der Waals surface area contributed by atoms with Gasteiger partial charge in [0, 0.05) is 12.1 Å². The third-order valence-corrected chi connectivity index (χ3v) is 5.44. The Morgan fingerprint density at radius 2 is 1.80 bits per heavy atom. The summed E-state index contributed by atoms with van der Waals surface area (Å²) in [6.45, 7) is 2.01. The van der Waals surface area contributed by atoms with E-state index in [9.17, 15) is 13.2 Å². The maximum Gasteiger partial charge on any atom is 0.310 e. The second kappa shape index (κ2) is 7.79. The quantitative estimate of drug-likeness (QED) is 0.673. The van der Waals surface area contributed by atoms with Gasteiger partial charge in [0.25, 0.3) is 0 Å². The van der Waals surface area contributed by atoms with Gasteiger partial charge in [0.05, 0.1) is 24.3 Å². The number of benzene rings is 2. The Bertz CT molecular complexity index is 1180. The van der Waals surface area contributed by atoms with Crippen LogP contribution < -0.4 is 4.72 Å². The highest BCUT2D eigenvalue weighted by Gasteiger charge is 2.34. The largest absolute Gasteiger partial charge is 0.459 e. The van der Waals surface area contributed by atoms with Crippen molar-refractivity contribution in [1.82, 2.24) is 5.01 Å². The minimum Gasteiger partial charge on any atom is -0.459 e. The van der Waals surface area contributed by atoms with Crippen molar-refractivity contribution in [2.75, 3.05) is 11.0 Å². The van der Waals surface area contributed by atoms with Crippen molar-refractivity contribution < 1.29 is 17.6 Å². The lowest BCUT2D eigenvalue weighted by atomic mass is 9.97. The molecule has 1 N–H and O–H groups in total. The lowest BCUT2D eigenvalue weighted by molar-refractivity contribution is 0.0678. The fourth-order valence-corrected chi connectivity index (χ4v) is 3.94. The fraction of sp³-hybridized carbons (Fsp3) is 0.182. The number of carbonyl (C=O) groups is 1. The summed E-state index contributed by atoms with van der Waals surface area (Å²) in [5.41, 5.74) is 4.15. The smallest absolute Gasteiger partial charge is 0.310 e. The van der Waals surface area contributed by atoms with E-state index in [1.54, 1.807) is 36.4 Å². The van der Waals surface area contributed by atoms with Crippen LogP contribution in [0.5, 0.6) is 0 Å². The molecular formula is C22H21N3O4S. The first-order valence-corrected chi connectivity index (χ1v) is 11.3. The van der Waals surface area contributed by atoms with Gasteiger partial charge in [-0.3, -0.25) is 9.52 Å². The Morgan fingerprint density at radius 3 is 2.40 bits per heavy atom. The number of hydrogen-bond acceptors (Lipinski definition) is 5. The Morgan fingerprint density at radius 1 is 1.10 bits per heavy atom. The first-order chi connectivity index (χ1) is 14.3. The maximum absolute atomic E-state index is 13.0. The van der Waals surface area contributed by atoms with Gasteiger partial charge in [-0.15, -0.1) is 0 Å². The second-order valence-corrected chi connectivity index (χ2v) is 9.00. The van der Waals surface area contributed by atoms with Crippen LogP contribution in [-0.4, -0.2) is 31.3 Å². The number of furan rings is 1. The molecule has 0 aliphatic carbocycles. The van der Waals surface area contributed by atoms with Gasteiger partial charge >= 0.3 is 5.91 Å².